The highest BCUT2D eigenvalue weighted by atomic mass is 19.3. The van der Waals surface area contributed by atoms with E-state index in [-0.39, 0.29) is 11.9 Å². The lowest BCUT2D eigenvalue weighted by Gasteiger charge is -2.14. The Bertz CT molecular complexity index is 669. The second-order valence-electron chi connectivity index (χ2n) is 5.55. The maximum absolute atomic E-state index is 12.3. The van der Waals surface area contributed by atoms with Crippen molar-refractivity contribution in [2.45, 2.75) is 25.7 Å². The molecule has 1 N–H and O–H groups in total. The van der Waals surface area contributed by atoms with Crippen LogP contribution in [0.15, 0.2) is 42.5 Å². The fraction of sp³-hybridized carbons (Fsp3) is 0.333. The summed E-state index contributed by atoms with van der Waals surface area (Å²) >= 11 is 0. The van der Waals surface area contributed by atoms with Gasteiger partial charge in [-0.15, -0.1) is 0 Å². The minimum absolute atomic E-state index is 0.0332. The molecule has 1 atom stereocenters. The second kappa shape index (κ2) is 7.49. The maximum atomic E-state index is 12.3. The molecule has 0 saturated carbocycles. The van der Waals surface area contributed by atoms with Gasteiger partial charge in [-0.2, -0.15) is 8.78 Å². The number of halogens is 2. The minimum Gasteiger partial charge on any atom is -0.493 e. The summed E-state index contributed by atoms with van der Waals surface area (Å²) in [5.41, 5.74) is 2.14. The van der Waals surface area contributed by atoms with Crippen molar-refractivity contribution in [2.75, 3.05) is 13.7 Å². The largest absolute Gasteiger partial charge is 0.493 e. The third-order valence-electron chi connectivity index (χ3n) is 3.86. The van der Waals surface area contributed by atoms with Crippen molar-refractivity contribution < 1.29 is 23.0 Å². The summed E-state index contributed by atoms with van der Waals surface area (Å²) in [4.78, 5) is 0. The van der Waals surface area contributed by atoms with E-state index in [0.29, 0.717) is 18.8 Å². The Hall–Kier alpha value is -2.34. The molecule has 4 nitrogen and oxygen atoms in total. The average molecular weight is 335 g/mol. The molecule has 2 aromatic rings. The Morgan fingerprint density at radius 3 is 2.79 bits per heavy atom. The highest BCUT2D eigenvalue weighted by Crippen LogP contribution is 2.30. The van der Waals surface area contributed by atoms with E-state index in [0.717, 1.165) is 17.7 Å². The molecule has 128 valence electrons. The highest BCUT2D eigenvalue weighted by Gasteiger charge is 2.21. The first-order valence-electron chi connectivity index (χ1n) is 7.72. The molecule has 0 amide bonds. The van der Waals surface area contributed by atoms with E-state index in [4.69, 9.17) is 9.47 Å². The predicted octanol–water partition coefficient (Wildman–Crippen LogP) is 3.39. The molecule has 0 aliphatic carbocycles. The van der Waals surface area contributed by atoms with E-state index in [1.807, 2.05) is 18.2 Å². The molecule has 0 radical (unpaired) electrons. The van der Waals surface area contributed by atoms with Gasteiger partial charge in [-0.25, -0.2) is 0 Å². The number of hydrogen-bond acceptors (Lipinski definition) is 4. The Morgan fingerprint density at radius 1 is 1.21 bits per heavy atom. The van der Waals surface area contributed by atoms with E-state index in [9.17, 15) is 8.78 Å². The minimum atomic E-state index is -2.87. The molecule has 0 saturated heterocycles. The van der Waals surface area contributed by atoms with Crippen LogP contribution in [0.25, 0.3) is 0 Å². The third kappa shape index (κ3) is 3.94. The normalized spacial score (nSPS) is 15.9. The molecule has 1 heterocycles. The van der Waals surface area contributed by atoms with Crippen LogP contribution in [-0.2, 0) is 13.0 Å². The van der Waals surface area contributed by atoms with Crippen LogP contribution in [-0.4, -0.2) is 26.4 Å². The van der Waals surface area contributed by atoms with Gasteiger partial charge in [-0.05, 0) is 29.3 Å². The fourth-order valence-corrected chi connectivity index (χ4v) is 2.76. The predicted molar refractivity (Wildman–Crippen MR) is 85.9 cm³/mol. The van der Waals surface area contributed by atoms with Crippen molar-refractivity contribution >= 4 is 0 Å². The van der Waals surface area contributed by atoms with Crippen LogP contribution >= 0.6 is 0 Å². The van der Waals surface area contributed by atoms with Gasteiger partial charge in [0.15, 0.2) is 11.5 Å². The number of alkyl halides is 2. The molecule has 1 aliphatic heterocycles. The molecule has 24 heavy (non-hydrogen) atoms. The first-order valence-corrected chi connectivity index (χ1v) is 7.72. The standard InChI is InChI=1S/C18H19F2NO3/c1-22-17-8-12(6-7-16(17)24-18(19)20)10-21-11-14-9-13-4-2-3-5-15(13)23-14/h2-8,14,18,21H,9-11H2,1H3. The van der Waals surface area contributed by atoms with Crippen LogP contribution in [0.5, 0.6) is 17.2 Å². The van der Waals surface area contributed by atoms with Gasteiger partial charge in [-0.1, -0.05) is 24.3 Å². The van der Waals surface area contributed by atoms with Crippen molar-refractivity contribution in [1.29, 1.82) is 0 Å². The molecule has 6 heteroatoms. The lowest BCUT2D eigenvalue weighted by molar-refractivity contribution is -0.0512. The topological polar surface area (TPSA) is 39.7 Å². The first kappa shape index (κ1) is 16.5. The molecule has 0 aromatic heterocycles. The molecule has 0 spiro atoms. The van der Waals surface area contributed by atoms with Gasteiger partial charge in [0.2, 0.25) is 0 Å². The summed E-state index contributed by atoms with van der Waals surface area (Å²) in [6, 6.07) is 12.9. The van der Waals surface area contributed by atoms with Crippen LogP contribution in [0, 0.1) is 0 Å². The average Bonchev–Trinajstić information content (AvgIpc) is 2.98. The number of benzene rings is 2. The Morgan fingerprint density at radius 2 is 2.04 bits per heavy atom. The van der Waals surface area contributed by atoms with Crippen molar-refractivity contribution in [3.05, 3.63) is 53.6 Å². The van der Waals surface area contributed by atoms with Gasteiger partial charge in [0, 0.05) is 19.5 Å². The summed E-state index contributed by atoms with van der Waals surface area (Å²) in [6.07, 6.45) is 0.985. The summed E-state index contributed by atoms with van der Waals surface area (Å²) in [7, 11) is 1.43. The lowest BCUT2D eigenvalue weighted by Crippen LogP contribution is -2.29. The van der Waals surface area contributed by atoms with Gasteiger partial charge in [-0.3, -0.25) is 0 Å². The maximum Gasteiger partial charge on any atom is 0.387 e. The van der Waals surface area contributed by atoms with Crippen LogP contribution in [0.4, 0.5) is 8.78 Å². The third-order valence-corrected chi connectivity index (χ3v) is 3.86. The van der Waals surface area contributed by atoms with E-state index >= 15 is 0 Å². The van der Waals surface area contributed by atoms with Crippen molar-refractivity contribution in [1.82, 2.24) is 5.32 Å². The van der Waals surface area contributed by atoms with Crippen LogP contribution < -0.4 is 19.5 Å². The molecular weight excluding hydrogens is 316 g/mol. The van der Waals surface area contributed by atoms with Gasteiger partial charge in [0.05, 0.1) is 7.11 Å². The smallest absolute Gasteiger partial charge is 0.387 e. The van der Waals surface area contributed by atoms with Crippen LogP contribution in [0.3, 0.4) is 0 Å². The van der Waals surface area contributed by atoms with E-state index in [1.165, 1.54) is 18.7 Å². The highest BCUT2D eigenvalue weighted by molar-refractivity contribution is 5.43. The second-order valence-corrected chi connectivity index (χ2v) is 5.55. The summed E-state index contributed by atoms with van der Waals surface area (Å²) in [5, 5.41) is 3.32. The number of nitrogens with one attached hydrogen (secondary N) is 1. The number of rotatable bonds is 7. The van der Waals surface area contributed by atoms with Gasteiger partial charge in [0.1, 0.15) is 11.9 Å². The molecule has 3 rings (SSSR count). The van der Waals surface area contributed by atoms with Gasteiger partial charge in [0.25, 0.3) is 0 Å². The molecular formula is C18H19F2NO3. The zero-order chi connectivity index (χ0) is 16.9. The summed E-state index contributed by atoms with van der Waals surface area (Å²) in [5.74, 6) is 1.27. The first-order chi connectivity index (χ1) is 11.7. The van der Waals surface area contributed by atoms with E-state index in [1.54, 1.807) is 12.1 Å². The lowest BCUT2D eigenvalue weighted by atomic mass is 10.1. The molecule has 2 aromatic carbocycles. The monoisotopic (exact) mass is 335 g/mol. The quantitative estimate of drug-likeness (QED) is 0.842. The van der Waals surface area contributed by atoms with Crippen LogP contribution in [0.2, 0.25) is 0 Å². The molecule has 0 fully saturated rings. The van der Waals surface area contributed by atoms with Crippen molar-refractivity contribution in [3.8, 4) is 17.2 Å². The molecule has 1 aliphatic rings. The zero-order valence-electron chi connectivity index (χ0n) is 13.3. The number of para-hydroxylation sites is 1. The SMILES string of the molecule is COc1cc(CNCC2Cc3ccccc3O2)ccc1OC(F)F. The number of hydrogen-bond donors (Lipinski definition) is 1. The molecule has 1 unspecified atom stereocenters. The fourth-order valence-electron chi connectivity index (χ4n) is 2.76. The van der Waals surface area contributed by atoms with Crippen LogP contribution in [0.1, 0.15) is 11.1 Å². The van der Waals surface area contributed by atoms with Crippen molar-refractivity contribution in [2.24, 2.45) is 0 Å². The zero-order valence-corrected chi connectivity index (χ0v) is 13.3. The Labute approximate surface area is 139 Å². The Balaban J connectivity index is 1.52. The van der Waals surface area contributed by atoms with Gasteiger partial charge >= 0.3 is 6.61 Å². The molecule has 0 bridgehead atoms. The number of ether oxygens (including phenoxy) is 3. The van der Waals surface area contributed by atoms with E-state index in [2.05, 4.69) is 16.1 Å². The summed E-state index contributed by atoms with van der Waals surface area (Å²) in [6.45, 7) is -1.59. The van der Waals surface area contributed by atoms with Crippen molar-refractivity contribution in [3.63, 3.8) is 0 Å². The number of methoxy groups -OCH3 is 1. The summed E-state index contributed by atoms with van der Waals surface area (Å²) < 4.78 is 40.0. The van der Waals surface area contributed by atoms with Gasteiger partial charge < -0.3 is 19.5 Å². The number of fused-ring (bicyclic) bond motifs is 1. The van der Waals surface area contributed by atoms with E-state index < -0.39 is 6.61 Å². The Kier molecular flexibility index (Phi) is 5.15.